The summed E-state index contributed by atoms with van der Waals surface area (Å²) in [7, 11) is 0. The van der Waals surface area contributed by atoms with Gasteiger partial charge in [0, 0.05) is 17.1 Å². The molecule has 1 unspecified atom stereocenters. The van der Waals surface area contributed by atoms with Gasteiger partial charge in [-0.3, -0.25) is 4.79 Å². The summed E-state index contributed by atoms with van der Waals surface area (Å²) in [4.78, 5) is 14.1. The van der Waals surface area contributed by atoms with Crippen molar-refractivity contribution in [3.05, 3.63) is 11.1 Å². The quantitative estimate of drug-likeness (QED) is 0.694. The Morgan fingerprint density at radius 2 is 2.62 bits per heavy atom. The van der Waals surface area contributed by atoms with Crippen molar-refractivity contribution in [2.24, 2.45) is 5.73 Å². The minimum Gasteiger partial charge on any atom is -0.327 e. The fraction of sp³-hybridized carbons (Fsp3) is 0.667. The van der Waals surface area contributed by atoms with Crippen molar-refractivity contribution >= 4 is 17.7 Å². The summed E-state index contributed by atoms with van der Waals surface area (Å²) in [6.07, 6.45) is 4.58. The number of thioether (sulfide) groups is 1. The minimum absolute atomic E-state index is 0.243. The van der Waals surface area contributed by atoms with Crippen LogP contribution in [0, 0.1) is 0 Å². The second-order valence-corrected chi connectivity index (χ2v) is 4.85. The summed E-state index contributed by atoms with van der Waals surface area (Å²) in [5.41, 5.74) is 5.84. The molecule has 0 radical (unpaired) electrons. The van der Waals surface area contributed by atoms with Crippen LogP contribution < -0.4 is 5.73 Å². The van der Waals surface area contributed by atoms with Crippen LogP contribution in [-0.4, -0.2) is 22.2 Å². The van der Waals surface area contributed by atoms with E-state index in [1.54, 1.807) is 11.8 Å². The van der Waals surface area contributed by atoms with Gasteiger partial charge in [-0.05, 0) is 12.8 Å². The molecule has 1 saturated heterocycles. The van der Waals surface area contributed by atoms with Gasteiger partial charge in [-0.1, -0.05) is 6.92 Å². The molecule has 0 bridgehead atoms. The van der Waals surface area contributed by atoms with Gasteiger partial charge in [-0.25, -0.2) is 0 Å². The van der Waals surface area contributed by atoms with Gasteiger partial charge in [-0.15, -0.1) is 11.8 Å². The largest absolute Gasteiger partial charge is 0.327 e. The molecule has 1 fully saturated rings. The van der Waals surface area contributed by atoms with Crippen molar-refractivity contribution in [3.63, 3.8) is 0 Å². The van der Waals surface area contributed by atoms with E-state index in [1.807, 2.05) is 11.1 Å². The van der Waals surface area contributed by atoms with E-state index in [2.05, 4.69) is 6.92 Å². The number of nitrogens with zero attached hydrogens (tertiary/aromatic N) is 1. The van der Waals surface area contributed by atoms with Crippen LogP contribution in [0.5, 0.6) is 0 Å². The maximum atomic E-state index is 11.0. The number of fused-ring (bicyclic) bond motifs is 1. The molecule has 2 atom stereocenters. The zero-order valence-corrected chi connectivity index (χ0v) is 8.51. The summed E-state index contributed by atoms with van der Waals surface area (Å²) < 4.78 is 0. The maximum absolute atomic E-state index is 11.0. The summed E-state index contributed by atoms with van der Waals surface area (Å²) in [6.45, 7) is 2.09. The number of carbonyl (C=O) groups excluding carboxylic acids is 1. The molecule has 2 aliphatic heterocycles. The Labute approximate surface area is 82.3 Å². The van der Waals surface area contributed by atoms with Crippen LogP contribution in [0.1, 0.15) is 26.2 Å². The maximum Gasteiger partial charge on any atom is 0.230 e. The first-order valence-corrected chi connectivity index (χ1v) is 5.52. The third-order valence-corrected chi connectivity index (χ3v) is 3.75. The lowest BCUT2D eigenvalue weighted by Gasteiger charge is -2.31. The first-order chi connectivity index (χ1) is 6.20. The normalized spacial score (nSPS) is 28.2. The van der Waals surface area contributed by atoms with E-state index in [0.29, 0.717) is 11.8 Å². The van der Waals surface area contributed by atoms with Crippen molar-refractivity contribution in [2.45, 2.75) is 37.6 Å². The van der Waals surface area contributed by atoms with Gasteiger partial charge in [-0.2, -0.15) is 0 Å². The number of amides is 1. The van der Waals surface area contributed by atoms with Gasteiger partial charge in [0.15, 0.2) is 0 Å². The number of nitrogens with two attached hydrogens (primary N) is 1. The van der Waals surface area contributed by atoms with Crippen molar-refractivity contribution in [1.29, 1.82) is 0 Å². The van der Waals surface area contributed by atoms with E-state index in [9.17, 15) is 4.79 Å². The molecule has 4 heteroatoms. The average Bonchev–Trinajstić information content (AvgIpc) is 2.42. The van der Waals surface area contributed by atoms with Crippen LogP contribution in [0.4, 0.5) is 0 Å². The monoisotopic (exact) mass is 198 g/mol. The van der Waals surface area contributed by atoms with Crippen molar-refractivity contribution in [1.82, 2.24) is 4.90 Å². The number of hydrogen-bond acceptors (Lipinski definition) is 3. The van der Waals surface area contributed by atoms with Crippen LogP contribution >= 0.6 is 11.8 Å². The molecule has 2 heterocycles. The topological polar surface area (TPSA) is 46.3 Å². The molecule has 2 rings (SSSR count). The highest BCUT2D eigenvalue weighted by atomic mass is 32.2. The smallest absolute Gasteiger partial charge is 0.230 e. The zero-order chi connectivity index (χ0) is 9.42. The molecular formula is C9H14N2OS. The zero-order valence-electron chi connectivity index (χ0n) is 7.69. The third kappa shape index (κ3) is 1.60. The Bertz CT molecular complexity index is 264. The molecule has 72 valence electrons. The molecule has 3 nitrogen and oxygen atoms in total. The minimum atomic E-state index is 0.243. The summed E-state index contributed by atoms with van der Waals surface area (Å²) in [5, 5.41) is 0.395. The molecule has 13 heavy (non-hydrogen) atoms. The molecule has 0 aliphatic carbocycles. The highest BCUT2D eigenvalue weighted by molar-refractivity contribution is 8.04. The average molecular weight is 198 g/mol. The number of hydrogen-bond donors (Lipinski definition) is 1. The van der Waals surface area contributed by atoms with Crippen LogP contribution in [0.25, 0.3) is 0 Å². The molecule has 0 saturated carbocycles. The Hall–Kier alpha value is -0.480. The predicted octanol–water partition coefficient (Wildman–Crippen LogP) is 1.26. The van der Waals surface area contributed by atoms with E-state index < -0.39 is 0 Å². The first kappa shape index (κ1) is 9.09. The lowest BCUT2D eigenvalue weighted by molar-refractivity contribution is -0.137. The van der Waals surface area contributed by atoms with Crippen molar-refractivity contribution in [2.75, 3.05) is 0 Å². The molecular weight excluding hydrogens is 184 g/mol. The highest BCUT2D eigenvalue weighted by Crippen LogP contribution is 2.42. The molecule has 0 spiro atoms. The third-order valence-electron chi connectivity index (χ3n) is 2.51. The summed E-state index contributed by atoms with van der Waals surface area (Å²) in [6, 6.07) is 0.243. The van der Waals surface area contributed by atoms with E-state index >= 15 is 0 Å². The van der Waals surface area contributed by atoms with Gasteiger partial charge in [0.25, 0.3) is 0 Å². The SMILES string of the molecule is CCC(N)CC1=CN2C(=O)C[C@H]2S1. The molecule has 1 amide bonds. The number of β-lactam (4-membered cyclic amide) rings is 1. The highest BCUT2D eigenvalue weighted by Gasteiger charge is 2.40. The van der Waals surface area contributed by atoms with E-state index in [1.165, 1.54) is 4.91 Å². The Morgan fingerprint density at radius 1 is 1.85 bits per heavy atom. The van der Waals surface area contributed by atoms with Gasteiger partial charge in [0.05, 0.1) is 11.8 Å². The molecule has 0 aromatic rings. The summed E-state index contributed by atoms with van der Waals surface area (Å²) in [5.74, 6) is 0.248. The van der Waals surface area contributed by atoms with E-state index in [4.69, 9.17) is 5.73 Å². The van der Waals surface area contributed by atoms with Gasteiger partial charge >= 0.3 is 0 Å². The van der Waals surface area contributed by atoms with Crippen molar-refractivity contribution in [3.8, 4) is 0 Å². The second-order valence-electron chi connectivity index (χ2n) is 3.55. The van der Waals surface area contributed by atoms with E-state index in [-0.39, 0.29) is 11.9 Å². The fourth-order valence-electron chi connectivity index (χ4n) is 1.52. The summed E-state index contributed by atoms with van der Waals surface area (Å²) >= 11 is 1.79. The predicted molar refractivity (Wildman–Crippen MR) is 53.8 cm³/mol. The van der Waals surface area contributed by atoms with Crippen LogP contribution in [-0.2, 0) is 4.79 Å². The van der Waals surface area contributed by atoms with E-state index in [0.717, 1.165) is 12.8 Å². The number of carbonyl (C=O) groups is 1. The molecule has 2 N–H and O–H groups in total. The van der Waals surface area contributed by atoms with Crippen molar-refractivity contribution < 1.29 is 4.79 Å². The van der Waals surface area contributed by atoms with Crippen LogP contribution in [0.3, 0.4) is 0 Å². The Balaban J connectivity index is 1.92. The molecule has 0 aromatic carbocycles. The standard InChI is InChI=1S/C9H14N2OS/c1-2-6(10)3-7-5-11-8(12)4-9(11)13-7/h5-6,9H,2-4,10H2,1H3/t6?,9-/m1/s1. The van der Waals surface area contributed by atoms with Gasteiger partial charge in [0.1, 0.15) is 0 Å². The van der Waals surface area contributed by atoms with Crippen LogP contribution in [0.2, 0.25) is 0 Å². The van der Waals surface area contributed by atoms with Gasteiger partial charge < -0.3 is 10.6 Å². The second kappa shape index (κ2) is 3.35. The first-order valence-electron chi connectivity index (χ1n) is 4.64. The number of rotatable bonds is 3. The fourth-order valence-corrected chi connectivity index (χ4v) is 2.87. The lowest BCUT2D eigenvalue weighted by Crippen LogP contribution is -2.44. The Morgan fingerprint density at radius 3 is 3.15 bits per heavy atom. The lowest BCUT2D eigenvalue weighted by atomic mass is 10.1. The molecule has 2 aliphatic rings. The Kier molecular flexibility index (Phi) is 2.34. The van der Waals surface area contributed by atoms with Crippen LogP contribution in [0.15, 0.2) is 11.1 Å². The molecule has 0 aromatic heterocycles. The van der Waals surface area contributed by atoms with Gasteiger partial charge in [0.2, 0.25) is 5.91 Å².